The van der Waals surface area contributed by atoms with Gasteiger partial charge < -0.3 is 10.0 Å². The molecule has 1 aliphatic heterocycles. The van der Waals surface area contributed by atoms with Gasteiger partial charge in [0.2, 0.25) is 5.91 Å². The summed E-state index contributed by atoms with van der Waals surface area (Å²) in [6.07, 6.45) is 0.313. The lowest BCUT2D eigenvalue weighted by molar-refractivity contribution is -0.137. The molecule has 0 radical (unpaired) electrons. The van der Waals surface area contributed by atoms with Crippen LogP contribution in [-0.4, -0.2) is 34.6 Å². The van der Waals surface area contributed by atoms with Crippen LogP contribution in [0.1, 0.15) is 25.8 Å². The van der Waals surface area contributed by atoms with E-state index in [0.29, 0.717) is 19.5 Å². The van der Waals surface area contributed by atoms with Gasteiger partial charge in [0, 0.05) is 19.0 Å². The summed E-state index contributed by atoms with van der Waals surface area (Å²) >= 11 is 5.50. The molecule has 1 aromatic rings. The Bertz CT molecular complexity index is 563. The Balaban J connectivity index is 2.08. The molecule has 1 heterocycles. The summed E-state index contributed by atoms with van der Waals surface area (Å²) in [7, 11) is 0. The molecule has 116 valence electrons. The van der Waals surface area contributed by atoms with Gasteiger partial charge >= 0.3 is 0 Å². The molecule has 0 spiro atoms. The smallest absolute Gasteiger partial charge is 0.227 e. The quantitative estimate of drug-likeness (QED) is 0.852. The lowest BCUT2D eigenvalue weighted by atomic mass is 9.84. The van der Waals surface area contributed by atoms with Crippen molar-refractivity contribution in [1.82, 2.24) is 4.90 Å². The summed E-state index contributed by atoms with van der Waals surface area (Å²) < 4.78 is 26.9. The van der Waals surface area contributed by atoms with Gasteiger partial charge in [0.25, 0.3) is 0 Å². The Morgan fingerprint density at radius 2 is 2.19 bits per heavy atom. The molecule has 0 saturated carbocycles. The monoisotopic (exact) mass is 317 g/mol. The highest BCUT2D eigenvalue weighted by molar-refractivity contribution is 6.31. The minimum absolute atomic E-state index is 0.0585. The van der Waals surface area contributed by atoms with Crippen molar-refractivity contribution in [2.24, 2.45) is 5.92 Å². The van der Waals surface area contributed by atoms with Crippen LogP contribution in [-0.2, 0) is 11.2 Å². The molecule has 1 aliphatic rings. The van der Waals surface area contributed by atoms with Crippen molar-refractivity contribution in [2.45, 2.75) is 32.3 Å². The third-order valence-corrected chi connectivity index (χ3v) is 4.60. The van der Waals surface area contributed by atoms with Gasteiger partial charge in [-0.05, 0) is 25.0 Å². The van der Waals surface area contributed by atoms with Crippen molar-refractivity contribution < 1.29 is 18.7 Å². The Kier molecular flexibility index (Phi) is 4.54. The number of aliphatic hydroxyl groups is 1. The fraction of sp³-hybridized carbons (Fsp3) is 0.533. The molecular weight excluding hydrogens is 300 g/mol. The van der Waals surface area contributed by atoms with Crippen molar-refractivity contribution in [2.75, 3.05) is 13.1 Å². The first-order valence-electron chi connectivity index (χ1n) is 6.85. The molecule has 1 N–H and O–H groups in total. The molecular formula is C15H18ClF2NO2. The molecule has 0 aromatic heterocycles. The molecule has 0 bridgehead atoms. The second kappa shape index (κ2) is 5.89. The first-order chi connectivity index (χ1) is 9.72. The number of rotatable bonds is 2. The maximum atomic E-state index is 13.8. The number of nitrogens with zero attached hydrogens (tertiary/aromatic N) is 1. The number of benzene rings is 1. The van der Waals surface area contributed by atoms with Gasteiger partial charge in [-0.2, -0.15) is 0 Å². The van der Waals surface area contributed by atoms with Gasteiger partial charge in [-0.3, -0.25) is 4.79 Å². The van der Waals surface area contributed by atoms with Gasteiger partial charge in [-0.25, -0.2) is 8.78 Å². The molecule has 1 fully saturated rings. The molecule has 2 unspecified atom stereocenters. The van der Waals surface area contributed by atoms with E-state index in [9.17, 15) is 18.7 Å². The van der Waals surface area contributed by atoms with E-state index < -0.39 is 22.3 Å². The average Bonchev–Trinajstić information content (AvgIpc) is 2.42. The lowest BCUT2D eigenvalue weighted by Crippen LogP contribution is -2.51. The van der Waals surface area contributed by atoms with Crippen LogP contribution in [0.4, 0.5) is 8.78 Å². The first kappa shape index (κ1) is 16.2. The Labute approximate surface area is 127 Å². The highest BCUT2D eigenvalue weighted by atomic mass is 35.5. The van der Waals surface area contributed by atoms with Crippen LogP contribution in [0.15, 0.2) is 12.1 Å². The summed E-state index contributed by atoms with van der Waals surface area (Å²) in [5.74, 6) is -2.04. The van der Waals surface area contributed by atoms with Crippen LogP contribution >= 0.6 is 11.6 Å². The Morgan fingerprint density at radius 3 is 2.81 bits per heavy atom. The van der Waals surface area contributed by atoms with Crippen molar-refractivity contribution in [3.63, 3.8) is 0 Å². The number of carbonyl (C=O) groups is 1. The molecule has 1 aromatic carbocycles. The highest BCUT2D eigenvalue weighted by Crippen LogP contribution is 2.28. The zero-order chi connectivity index (χ0) is 15.8. The predicted molar refractivity (Wildman–Crippen MR) is 76.1 cm³/mol. The summed E-state index contributed by atoms with van der Waals surface area (Å²) in [5, 5.41) is 9.50. The van der Waals surface area contributed by atoms with E-state index in [1.807, 2.05) is 6.92 Å². The third-order valence-electron chi connectivity index (χ3n) is 4.25. The maximum absolute atomic E-state index is 13.8. The predicted octanol–water partition coefficient (Wildman–Crippen LogP) is 2.78. The molecule has 21 heavy (non-hydrogen) atoms. The lowest BCUT2D eigenvalue weighted by Gasteiger charge is -2.41. The SMILES string of the molecule is CC1CN(C(=O)Cc2ccc(F)c(Cl)c2F)CCC1(C)O. The number of hydrogen-bond donors (Lipinski definition) is 1. The van der Waals surface area contributed by atoms with Crippen LogP contribution in [0.5, 0.6) is 0 Å². The minimum Gasteiger partial charge on any atom is -0.390 e. The molecule has 1 saturated heterocycles. The van der Waals surface area contributed by atoms with Crippen LogP contribution in [0.3, 0.4) is 0 Å². The van der Waals surface area contributed by atoms with Crippen molar-refractivity contribution in [1.29, 1.82) is 0 Å². The summed E-state index contributed by atoms with van der Waals surface area (Å²) in [4.78, 5) is 13.8. The van der Waals surface area contributed by atoms with E-state index in [2.05, 4.69) is 0 Å². The number of likely N-dealkylation sites (tertiary alicyclic amines) is 1. The Hall–Kier alpha value is -1.20. The molecule has 1 amide bonds. The molecule has 3 nitrogen and oxygen atoms in total. The topological polar surface area (TPSA) is 40.5 Å². The number of piperidine rings is 1. The normalized spacial score (nSPS) is 26.0. The third kappa shape index (κ3) is 3.35. The number of hydrogen-bond acceptors (Lipinski definition) is 2. The molecule has 2 rings (SSSR count). The van der Waals surface area contributed by atoms with E-state index in [0.717, 1.165) is 6.07 Å². The summed E-state index contributed by atoms with van der Waals surface area (Å²) in [6.45, 7) is 4.46. The fourth-order valence-corrected chi connectivity index (χ4v) is 2.61. The average molecular weight is 318 g/mol. The fourth-order valence-electron chi connectivity index (χ4n) is 2.43. The maximum Gasteiger partial charge on any atom is 0.227 e. The standard InChI is InChI=1S/C15H18ClF2NO2/c1-9-8-19(6-5-15(9,2)21)12(20)7-10-3-4-11(17)13(16)14(10)18/h3-4,9,21H,5-8H2,1-2H3. The molecule has 6 heteroatoms. The van der Waals surface area contributed by atoms with Crippen LogP contribution in [0, 0.1) is 17.6 Å². The second-order valence-corrected chi connectivity index (χ2v) is 6.24. The van der Waals surface area contributed by atoms with E-state index in [1.165, 1.54) is 6.07 Å². The van der Waals surface area contributed by atoms with Crippen LogP contribution < -0.4 is 0 Å². The van der Waals surface area contributed by atoms with E-state index >= 15 is 0 Å². The summed E-state index contributed by atoms with van der Waals surface area (Å²) in [5.41, 5.74) is -0.710. The zero-order valence-corrected chi connectivity index (χ0v) is 12.8. The van der Waals surface area contributed by atoms with Gasteiger partial charge in [0.05, 0.1) is 12.0 Å². The van der Waals surface area contributed by atoms with Crippen molar-refractivity contribution in [3.8, 4) is 0 Å². The minimum atomic E-state index is -0.887. The molecule has 2 atom stereocenters. The Morgan fingerprint density at radius 1 is 1.52 bits per heavy atom. The van der Waals surface area contributed by atoms with E-state index in [-0.39, 0.29) is 23.8 Å². The van der Waals surface area contributed by atoms with E-state index in [1.54, 1.807) is 11.8 Å². The van der Waals surface area contributed by atoms with Crippen molar-refractivity contribution in [3.05, 3.63) is 34.4 Å². The van der Waals surface area contributed by atoms with Gasteiger partial charge in [0.1, 0.15) is 16.7 Å². The molecule has 0 aliphatic carbocycles. The first-order valence-corrected chi connectivity index (χ1v) is 7.22. The number of carbonyl (C=O) groups excluding carboxylic acids is 1. The van der Waals surface area contributed by atoms with E-state index in [4.69, 9.17) is 11.6 Å². The highest BCUT2D eigenvalue weighted by Gasteiger charge is 2.36. The van der Waals surface area contributed by atoms with Crippen molar-refractivity contribution >= 4 is 17.5 Å². The van der Waals surface area contributed by atoms with Gasteiger partial charge in [-0.15, -0.1) is 0 Å². The van der Waals surface area contributed by atoms with Gasteiger partial charge in [0.15, 0.2) is 0 Å². The number of amides is 1. The largest absolute Gasteiger partial charge is 0.390 e. The van der Waals surface area contributed by atoms with Crippen LogP contribution in [0.25, 0.3) is 0 Å². The second-order valence-electron chi connectivity index (χ2n) is 5.86. The summed E-state index contributed by atoms with van der Waals surface area (Å²) in [6, 6.07) is 2.29. The zero-order valence-electron chi connectivity index (χ0n) is 12.0. The van der Waals surface area contributed by atoms with Crippen LogP contribution in [0.2, 0.25) is 5.02 Å². The number of halogens is 3. The van der Waals surface area contributed by atoms with Gasteiger partial charge in [-0.1, -0.05) is 24.6 Å².